The lowest BCUT2D eigenvalue weighted by Crippen LogP contribution is -2.39. The molecule has 0 heterocycles. The molecule has 0 radical (unpaired) electrons. The quantitative estimate of drug-likeness (QED) is 0.352. The summed E-state index contributed by atoms with van der Waals surface area (Å²) < 4.78 is 21.8. The molecule has 0 aliphatic heterocycles. The molecule has 0 aromatic heterocycles. The summed E-state index contributed by atoms with van der Waals surface area (Å²) in [6.07, 6.45) is -0.992. The number of carbonyl (C=O) groups is 4. The van der Waals surface area contributed by atoms with Gasteiger partial charge in [-0.25, -0.2) is 0 Å². The number of benzene rings is 1. The maximum absolute atomic E-state index is 12.6. The van der Waals surface area contributed by atoms with Crippen LogP contribution in [0.15, 0.2) is 18.2 Å². The van der Waals surface area contributed by atoms with Crippen LogP contribution in [0.1, 0.15) is 81.2 Å². The predicted molar refractivity (Wildman–Crippen MR) is 139 cm³/mol. The summed E-state index contributed by atoms with van der Waals surface area (Å²) in [4.78, 5) is 49.5. The van der Waals surface area contributed by atoms with Crippen LogP contribution in [0.4, 0.5) is 0 Å². The average molecular weight is 522 g/mol. The van der Waals surface area contributed by atoms with E-state index in [2.05, 4.69) is 0 Å². The van der Waals surface area contributed by atoms with E-state index in [1.54, 1.807) is 61.5 Å². The van der Waals surface area contributed by atoms with E-state index in [9.17, 15) is 19.2 Å². The molecule has 3 atom stereocenters. The minimum atomic E-state index is -1.03. The van der Waals surface area contributed by atoms with Crippen LogP contribution in [-0.2, 0) is 35.1 Å². The number of carbonyl (C=O) groups excluding carboxylic acids is 4. The largest absolute Gasteiger partial charge is 0.459 e. The Balaban J connectivity index is 2.99. The van der Waals surface area contributed by atoms with Gasteiger partial charge in [-0.3, -0.25) is 19.2 Å². The van der Waals surface area contributed by atoms with Gasteiger partial charge in [-0.2, -0.15) is 0 Å². The molecule has 0 saturated heterocycles. The molecule has 2 N–H and O–H groups in total. The molecular formula is C28H43NO8. The highest BCUT2D eigenvalue weighted by atomic mass is 16.6. The topological polar surface area (TPSA) is 131 Å². The molecule has 9 nitrogen and oxygen atoms in total. The van der Waals surface area contributed by atoms with Gasteiger partial charge in [-0.1, -0.05) is 19.9 Å². The van der Waals surface area contributed by atoms with Crippen molar-refractivity contribution in [2.75, 3.05) is 0 Å². The molecule has 0 aliphatic rings. The van der Waals surface area contributed by atoms with Gasteiger partial charge in [0, 0.05) is 6.42 Å². The normalized spacial score (nSPS) is 14.4. The van der Waals surface area contributed by atoms with Gasteiger partial charge >= 0.3 is 23.9 Å². The lowest BCUT2D eigenvalue weighted by Gasteiger charge is -2.23. The highest BCUT2D eigenvalue weighted by molar-refractivity contribution is 5.81. The zero-order chi connectivity index (χ0) is 28.7. The Bertz CT molecular complexity index is 971. The van der Waals surface area contributed by atoms with Crippen LogP contribution in [0.25, 0.3) is 0 Å². The second kappa shape index (κ2) is 13.0. The minimum absolute atomic E-state index is 0.0506. The van der Waals surface area contributed by atoms with Crippen molar-refractivity contribution in [2.24, 2.45) is 22.5 Å². The van der Waals surface area contributed by atoms with Gasteiger partial charge in [0.2, 0.25) is 0 Å². The average Bonchev–Trinajstić information content (AvgIpc) is 2.73. The molecule has 208 valence electrons. The number of ether oxygens (including phenoxy) is 4. The Hall–Kier alpha value is -2.94. The lowest BCUT2D eigenvalue weighted by atomic mass is 9.97. The first kappa shape index (κ1) is 32.1. The Kier molecular flexibility index (Phi) is 11.3. The second-order valence-corrected chi connectivity index (χ2v) is 11.8. The molecule has 1 rings (SSSR count). The summed E-state index contributed by atoms with van der Waals surface area (Å²) in [6.45, 7) is 17.3. The first-order chi connectivity index (χ1) is 16.8. The van der Waals surface area contributed by atoms with Gasteiger partial charge in [0.25, 0.3) is 0 Å². The van der Waals surface area contributed by atoms with E-state index >= 15 is 0 Å². The first-order valence-electron chi connectivity index (χ1n) is 12.5. The molecule has 0 saturated carbocycles. The molecular weight excluding hydrogens is 478 g/mol. The highest BCUT2D eigenvalue weighted by Gasteiger charge is 2.29. The van der Waals surface area contributed by atoms with Crippen LogP contribution in [0.2, 0.25) is 0 Å². The smallest absolute Gasteiger partial charge is 0.323 e. The third-order valence-corrected chi connectivity index (χ3v) is 5.25. The van der Waals surface area contributed by atoms with Crippen molar-refractivity contribution in [1.29, 1.82) is 0 Å². The van der Waals surface area contributed by atoms with Crippen LogP contribution in [-0.4, -0.2) is 42.1 Å². The number of hydrogen-bond donors (Lipinski definition) is 1. The lowest BCUT2D eigenvalue weighted by molar-refractivity contribution is -0.166. The maximum Gasteiger partial charge on any atom is 0.323 e. The van der Waals surface area contributed by atoms with Crippen molar-refractivity contribution < 1.29 is 38.1 Å². The summed E-state index contributed by atoms with van der Waals surface area (Å²) in [5.74, 6) is -1.75. The zero-order valence-electron chi connectivity index (χ0n) is 23.8. The summed E-state index contributed by atoms with van der Waals surface area (Å²) >= 11 is 0. The predicted octanol–water partition coefficient (Wildman–Crippen LogP) is 4.37. The summed E-state index contributed by atoms with van der Waals surface area (Å²) in [7, 11) is 0. The molecule has 0 amide bonds. The Morgan fingerprint density at radius 1 is 0.784 bits per heavy atom. The van der Waals surface area contributed by atoms with E-state index in [1.807, 2.05) is 13.8 Å². The fraction of sp³-hybridized carbons (Fsp3) is 0.643. The van der Waals surface area contributed by atoms with E-state index in [-0.39, 0.29) is 36.2 Å². The molecule has 9 heteroatoms. The summed E-state index contributed by atoms with van der Waals surface area (Å²) in [5.41, 5.74) is 5.09. The summed E-state index contributed by atoms with van der Waals surface area (Å²) in [6, 6.07) is 3.62. The van der Waals surface area contributed by atoms with E-state index in [1.165, 1.54) is 12.1 Å². The Morgan fingerprint density at radius 2 is 1.27 bits per heavy atom. The first-order valence-corrected chi connectivity index (χ1v) is 12.5. The molecule has 37 heavy (non-hydrogen) atoms. The maximum atomic E-state index is 12.6. The zero-order valence-corrected chi connectivity index (χ0v) is 23.8. The monoisotopic (exact) mass is 521 g/mol. The van der Waals surface area contributed by atoms with Crippen molar-refractivity contribution in [3.63, 3.8) is 0 Å². The third-order valence-electron chi connectivity index (χ3n) is 5.25. The van der Waals surface area contributed by atoms with Crippen molar-refractivity contribution in [2.45, 2.75) is 100 Å². The van der Waals surface area contributed by atoms with E-state index in [0.717, 1.165) is 0 Å². The highest BCUT2D eigenvalue weighted by Crippen LogP contribution is 2.33. The number of rotatable bonds is 10. The van der Waals surface area contributed by atoms with Gasteiger partial charge < -0.3 is 24.7 Å². The second-order valence-electron chi connectivity index (χ2n) is 11.8. The standard InChI is InChI=1S/C28H43NO8/c1-16(2)13-23(30)34-17(3)18(4)35-24(31)20(29)14-19-11-12-21(36-25(32)27(5,6)7)22(15-19)37-26(33)28(8,9)10/h11-12,15-18,20H,13-14,29H2,1-10H3/t17?,18-,20-/m0/s1. The van der Waals surface area contributed by atoms with Crippen molar-refractivity contribution >= 4 is 23.9 Å². The number of esters is 4. The molecule has 0 aliphatic carbocycles. The molecule has 0 bridgehead atoms. The van der Waals surface area contributed by atoms with Crippen LogP contribution in [0.3, 0.4) is 0 Å². The fourth-order valence-corrected chi connectivity index (χ4v) is 2.74. The molecule has 0 fully saturated rings. The number of hydrogen-bond acceptors (Lipinski definition) is 9. The fourth-order valence-electron chi connectivity index (χ4n) is 2.74. The molecule has 0 spiro atoms. The van der Waals surface area contributed by atoms with E-state index < -0.39 is 47.0 Å². The van der Waals surface area contributed by atoms with E-state index in [4.69, 9.17) is 24.7 Å². The van der Waals surface area contributed by atoms with Crippen molar-refractivity contribution in [3.05, 3.63) is 23.8 Å². The third kappa shape index (κ3) is 10.9. The molecule has 1 aromatic carbocycles. The van der Waals surface area contributed by atoms with Crippen molar-refractivity contribution in [3.8, 4) is 11.5 Å². The SMILES string of the molecule is CC(C)CC(=O)OC(C)[C@H](C)OC(=O)[C@@H](N)Cc1ccc(OC(=O)C(C)(C)C)c(OC(=O)C(C)(C)C)c1. The van der Waals surface area contributed by atoms with Gasteiger partial charge in [-0.15, -0.1) is 0 Å². The molecule has 1 unspecified atom stereocenters. The van der Waals surface area contributed by atoms with Gasteiger partial charge in [-0.05, 0) is 85.4 Å². The van der Waals surface area contributed by atoms with Gasteiger partial charge in [0.05, 0.1) is 10.8 Å². The Labute approximate surface area is 220 Å². The van der Waals surface area contributed by atoms with Crippen LogP contribution < -0.4 is 15.2 Å². The molecule has 1 aromatic rings. The van der Waals surface area contributed by atoms with Crippen molar-refractivity contribution in [1.82, 2.24) is 0 Å². The Morgan fingerprint density at radius 3 is 1.76 bits per heavy atom. The van der Waals surface area contributed by atoms with Crippen LogP contribution in [0, 0.1) is 16.7 Å². The van der Waals surface area contributed by atoms with E-state index in [0.29, 0.717) is 5.56 Å². The minimum Gasteiger partial charge on any atom is -0.459 e. The van der Waals surface area contributed by atoms with Crippen LogP contribution >= 0.6 is 0 Å². The summed E-state index contributed by atoms with van der Waals surface area (Å²) in [5, 5.41) is 0. The van der Waals surface area contributed by atoms with Crippen LogP contribution in [0.5, 0.6) is 11.5 Å². The van der Waals surface area contributed by atoms with Gasteiger partial charge in [0.1, 0.15) is 18.2 Å². The number of nitrogens with two attached hydrogens (primary N) is 1. The van der Waals surface area contributed by atoms with Gasteiger partial charge in [0.15, 0.2) is 11.5 Å².